The zero-order valence-electron chi connectivity index (χ0n) is 9.95. The Kier molecular flexibility index (Phi) is 2.84. The molecule has 1 aromatic carbocycles. The average molecular weight is 242 g/mol. The first-order valence-corrected chi connectivity index (χ1v) is 6.06. The van der Waals surface area contributed by atoms with Gasteiger partial charge in [-0.2, -0.15) is 5.10 Å². The second kappa shape index (κ2) is 4.64. The molecule has 4 nitrogen and oxygen atoms in total. The van der Waals surface area contributed by atoms with Gasteiger partial charge in [0.1, 0.15) is 5.75 Å². The normalized spacial score (nSPS) is 17.9. The van der Waals surface area contributed by atoms with Crippen LogP contribution in [0.15, 0.2) is 36.7 Å². The number of nitrogens with zero attached hydrogens (tertiary/aromatic N) is 2. The van der Waals surface area contributed by atoms with E-state index in [4.69, 9.17) is 4.74 Å². The number of aromatic nitrogens is 2. The highest BCUT2D eigenvalue weighted by Crippen LogP contribution is 2.34. The molecule has 1 aliphatic rings. The summed E-state index contributed by atoms with van der Waals surface area (Å²) in [5.74, 6) is 1.37. The van der Waals surface area contributed by atoms with Gasteiger partial charge in [0.05, 0.1) is 18.4 Å². The zero-order valence-corrected chi connectivity index (χ0v) is 9.95. The SMILES string of the molecule is O=Cc1cnn(CC2CCOc3ccccc32)c1. The quantitative estimate of drug-likeness (QED) is 0.775. The Hall–Kier alpha value is -2.10. The predicted molar refractivity (Wildman–Crippen MR) is 66.9 cm³/mol. The van der Waals surface area contributed by atoms with Crippen molar-refractivity contribution in [1.82, 2.24) is 9.78 Å². The maximum Gasteiger partial charge on any atom is 0.153 e. The zero-order chi connectivity index (χ0) is 12.4. The Morgan fingerprint density at radius 1 is 1.44 bits per heavy atom. The molecule has 0 radical (unpaired) electrons. The van der Waals surface area contributed by atoms with Crippen molar-refractivity contribution in [1.29, 1.82) is 0 Å². The van der Waals surface area contributed by atoms with Crippen LogP contribution in [0.2, 0.25) is 0 Å². The van der Waals surface area contributed by atoms with Crippen molar-refractivity contribution in [2.24, 2.45) is 0 Å². The monoisotopic (exact) mass is 242 g/mol. The number of hydrogen-bond acceptors (Lipinski definition) is 3. The Balaban J connectivity index is 1.83. The summed E-state index contributed by atoms with van der Waals surface area (Å²) in [6.45, 7) is 1.53. The lowest BCUT2D eigenvalue weighted by molar-refractivity contribution is 0.112. The topological polar surface area (TPSA) is 44.1 Å². The molecule has 1 unspecified atom stereocenters. The van der Waals surface area contributed by atoms with Crippen molar-refractivity contribution in [2.75, 3.05) is 6.61 Å². The number of hydrogen-bond donors (Lipinski definition) is 0. The van der Waals surface area contributed by atoms with Crippen LogP contribution in [-0.2, 0) is 6.54 Å². The van der Waals surface area contributed by atoms with Crippen molar-refractivity contribution in [3.05, 3.63) is 47.8 Å². The fourth-order valence-electron chi connectivity index (χ4n) is 2.37. The molecule has 4 heteroatoms. The molecular formula is C14H14N2O2. The number of benzene rings is 1. The third kappa shape index (κ3) is 2.01. The Bertz CT molecular complexity index is 562. The molecule has 1 aliphatic heterocycles. The Morgan fingerprint density at radius 3 is 3.17 bits per heavy atom. The van der Waals surface area contributed by atoms with Crippen LogP contribution in [0.5, 0.6) is 5.75 Å². The molecule has 0 amide bonds. The van der Waals surface area contributed by atoms with E-state index in [2.05, 4.69) is 11.2 Å². The van der Waals surface area contributed by atoms with Gasteiger partial charge in [-0.3, -0.25) is 9.48 Å². The van der Waals surface area contributed by atoms with Gasteiger partial charge in [0, 0.05) is 18.7 Å². The summed E-state index contributed by atoms with van der Waals surface area (Å²) in [5.41, 5.74) is 1.85. The van der Waals surface area contributed by atoms with Crippen LogP contribution in [0.4, 0.5) is 0 Å². The molecule has 0 spiro atoms. The van der Waals surface area contributed by atoms with Crippen LogP contribution >= 0.6 is 0 Å². The molecule has 0 saturated heterocycles. The number of ether oxygens (including phenoxy) is 1. The number of para-hydroxylation sites is 1. The van der Waals surface area contributed by atoms with E-state index in [1.807, 2.05) is 22.9 Å². The Labute approximate surface area is 105 Å². The van der Waals surface area contributed by atoms with E-state index < -0.39 is 0 Å². The van der Waals surface area contributed by atoms with E-state index >= 15 is 0 Å². The maximum absolute atomic E-state index is 10.6. The smallest absolute Gasteiger partial charge is 0.153 e. The van der Waals surface area contributed by atoms with Crippen LogP contribution in [0.25, 0.3) is 0 Å². The largest absolute Gasteiger partial charge is 0.493 e. The van der Waals surface area contributed by atoms with Crippen molar-refractivity contribution in [2.45, 2.75) is 18.9 Å². The molecular weight excluding hydrogens is 228 g/mol. The highest BCUT2D eigenvalue weighted by molar-refractivity contribution is 5.73. The molecule has 3 rings (SSSR count). The minimum Gasteiger partial charge on any atom is -0.493 e. The van der Waals surface area contributed by atoms with Crippen molar-refractivity contribution in [3.8, 4) is 5.75 Å². The van der Waals surface area contributed by atoms with Gasteiger partial charge in [0.25, 0.3) is 0 Å². The van der Waals surface area contributed by atoms with E-state index in [0.717, 1.165) is 31.6 Å². The summed E-state index contributed by atoms with van der Waals surface area (Å²) in [6, 6.07) is 8.12. The third-order valence-corrected chi connectivity index (χ3v) is 3.28. The van der Waals surface area contributed by atoms with Gasteiger partial charge in [-0.1, -0.05) is 18.2 Å². The second-order valence-corrected chi connectivity index (χ2v) is 4.49. The number of fused-ring (bicyclic) bond motifs is 1. The third-order valence-electron chi connectivity index (χ3n) is 3.28. The molecule has 0 aliphatic carbocycles. The van der Waals surface area contributed by atoms with E-state index in [-0.39, 0.29) is 0 Å². The molecule has 92 valence electrons. The molecule has 0 saturated carbocycles. The van der Waals surface area contributed by atoms with Crippen LogP contribution in [0.1, 0.15) is 28.3 Å². The number of carbonyl (C=O) groups excluding carboxylic acids is 1. The molecule has 0 fully saturated rings. The number of rotatable bonds is 3. The van der Waals surface area contributed by atoms with Gasteiger partial charge in [-0.25, -0.2) is 0 Å². The van der Waals surface area contributed by atoms with Gasteiger partial charge in [0.2, 0.25) is 0 Å². The fourth-order valence-corrected chi connectivity index (χ4v) is 2.37. The van der Waals surface area contributed by atoms with Crippen molar-refractivity contribution >= 4 is 6.29 Å². The molecule has 0 N–H and O–H groups in total. The minimum atomic E-state index is 0.398. The molecule has 2 aromatic rings. The standard InChI is InChI=1S/C14H14N2O2/c17-10-11-7-15-16(8-11)9-12-5-6-18-14-4-2-1-3-13(12)14/h1-4,7-8,10,12H,5-6,9H2. The summed E-state index contributed by atoms with van der Waals surface area (Å²) in [7, 11) is 0. The molecule has 1 aromatic heterocycles. The van der Waals surface area contributed by atoms with Gasteiger partial charge in [-0.05, 0) is 18.1 Å². The number of aldehydes is 1. The lowest BCUT2D eigenvalue weighted by Gasteiger charge is -2.25. The van der Waals surface area contributed by atoms with E-state index in [9.17, 15) is 4.79 Å². The van der Waals surface area contributed by atoms with E-state index in [1.54, 1.807) is 12.4 Å². The number of carbonyl (C=O) groups is 1. The highest BCUT2D eigenvalue weighted by Gasteiger charge is 2.21. The van der Waals surface area contributed by atoms with Crippen LogP contribution in [-0.4, -0.2) is 22.7 Å². The molecule has 2 heterocycles. The maximum atomic E-state index is 10.6. The van der Waals surface area contributed by atoms with Gasteiger partial charge >= 0.3 is 0 Å². The lowest BCUT2D eigenvalue weighted by Crippen LogP contribution is -2.18. The van der Waals surface area contributed by atoms with Crippen LogP contribution in [0.3, 0.4) is 0 Å². The van der Waals surface area contributed by atoms with E-state index in [0.29, 0.717) is 11.5 Å². The Morgan fingerprint density at radius 2 is 2.33 bits per heavy atom. The van der Waals surface area contributed by atoms with Crippen LogP contribution in [0, 0.1) is 0 Å². The fraction of sp³-hybridized carbons (Fsp3) is 0.286. The van der Waals surface area contributed by atoms with Gasteiger partial charge in [0.15, 0.2) is 6.29 Å². The van der Waals surface area contributed by atoms with Gasteiger partial charge in [-0.15, -0.1) is 0 Å². The molecule has 0 bridgehead atoms. The molecule has 18 heavy (non-hydrogen) atoms. The summed E-state index contributed by atoms with van der Waals surface area (Å²) >= 11 is 0. The van der Waals surface area contributed by atoms with Crippen molar-refractivity contribution in [3.63, 3.8) is 0 Å². The summed E-state index contributed by atoms with van der Waals surface area (Å²) in [6.07, 6.45) is 5.18. The molecule has 1 atom stereocenters. The lowest BCUT2D eigenvalue weighted by atomic mass is 9.93. The van der Waals surface area contributed by atoms with Crippen molar-refractivity contribution < 1.29 is 9.53 Å². The van der Waals surface area contributed by atoms with Crippen LogP contribution < -0.4 is 4.74 Å². The first-order valence-electron chi connectivity index (χ1n) is 6.06. The summed E-state index contributed by atoms with van der Waals surface area (Å²) in [4.78, 5) is 10.6. The minimum absolute atomic E-state index is 0.398. The van der Waals surface area contributed by atoms with E-state index in [1.165, 1.54) is 5.56 Å². The average Bonchev–Trinajstić information content (AvgIpc) is 2.87. The second-order valence-electron chi connectivity index (χ2n) is 4.49. The highest BCUT2D eigenvalue weighted by atomic mass is 16.5. The summed E-state index contributed by atoms with van der Waals surface area (Å²) in [5, 5.41) is 4.20. The summed E-state index contributed by atoms with van der Waals surface area (Å²) < 4.78 is 7.46. The predicted octanol–water partition coefficient (Wildman–Crippen LogP) is 2.26. The van der Waals surface area contributed by atoms with Gasteiger partial charge < -0.3 is 4.74 Å². The first-order chi connectivity index (χ1) is 8.86. The first kappa shape index (κ1) is 11.0.